The molecule has 0 heterocycles. The van der Waals surface area contributed by atoms with Gasteiger partial charge in [-0.15, -0.1) is 0 Å². The van der Waals surface area contributed by atoms with Crippen LogP contribution in [0.15, 0.2) is 59.6 Å². The standard InChI is InChI=1S/C19H24N4O3/c1-3-20-18(21-13-15-9-11-17(12-10-15)23(25)26)22-14-19(2,24)16-7-5-4-6-8-16/h4-12,24H,3,13-14H2,1-2H3,(H2,20,21,22). The minimum absolute atomic E-state index is 0.0571. The van der Waals surface area contributed by atoms with Crippen molar-refractivity contribution in [1.29, 1.82) is 0 Å². The molecule has 0 aliphatic heterocycles. The first kappa shape index (κ1) is 19.4. The van der Waals surface area contributed by atoms with E-state index in [1.54, 1.807) is 19.1 Å². The first-order chi connectivity index (χ1) is 12.4. The first-order valence-corrected chi connectivity index (χ1v) is 8.46. The van der Waals surface area contributed by atoms with Crippen LogP contribution in [0.2, 0.25) is 0 Å². The summed E-state index contributed by atoms with van der Waals surface area (Å²) >= 11 is 0. The van der Waals surface area contributed by atoms with Gasteiger partial charge >= 0.3 is 0 Å². The number of nitro benzene ring substituents is 1. The van der Waals surface area contributed by atoms with Crippen molar-refractivity contribution in [1.82, 2.24) is 10.6 Å². The highest BCUT2D eigenvalue weighted by Gasteiger charge is 2.22. The minimum Gasteiger partial charge on any atom is -0.384 e. The second kappa shape index (κ2) is 8.96. The van der Waals surface area contributed by atoms with Crippen molar-refractivity contribution >= 4 is 11.6 Å². The van der Waals surface area contributed by atoms with Crippen molar-refractivity contribution in [2.24, 2.45) is 4.99 Å². The SMILES string of the molecule is CCNC(=NCc1ccc([N+](=O)[O-])cc1)NCC(C)(O)c1ccccc1. The van der Waals surface area contributed by atoms with Crippen LogP contribution in [0.3, 0.4) is 0 Å². The predicted octanol–water partition coefficient (Wildman–Crippen LogP) is 2.56. The van der Waals surface area contributed by atoms with E-state index in [1.807, 2.05) is 37.3 Å². The Morgan fingerprint density at radius 1 is 1.15 bits per heavy atom. The molecular formula is C19H24N4O3. The molecule has 1 atom stereocenters. The molecular weight excluding hydrogens is 332 g/mol. The van der Waals surface area contributed by atoms with Gasteiger partial charge in [-0.1, -0.05) is 42.5 Å². The van der Waals surface area contributed by atoms with Crippen molar-refractivity contribution in [3.63, 3.8) is 0 Å². The van der Waals surface area contributed by atoms with Crippen LogP contribution in [-0.4, -0.2) is 29.1 Å². The Morgan fingerprint density at radius 2 is 1.81 bits per heavy atom. The van der Waals surface area contributed by atoms with E-state index < -0.39 is 10.5 Å². The van der Waals surface area contributed by atoms with Crippen LogP contribution in [0.4, 0.5) is 5.69 Å². The lowest BCUT2D eigenvalue weighted by atomic mass is 9.96. The Hall–Kier alpha value is -2.93. The molecule has 138 valence electrons. The molecule has 2 aromatic carbocycles. The van der Waals surface area contributed by atoms with Crippen molar-refractivity contribution in [2.45, 2.75) is 26.0 Å². The van der Waals surface area contributed by atoms with Crippen molar-refractivity contribution < 1.29 is 10.0 Å². The van der Waals surface area contributed by atoms with Crippen LogP contribution in [0, 0.1) is 10.1 Å². The predicted molar refractivity (Wildman–Crippen MR) is 102 cm³/mol. The van der Waals surface area contributed by atoms with Crippen molar-refractivity contribution in [3.05, 3.63) is 75.8 Å². The van der Waals surface area contributed by atoms with Crippen LogP contribution in [0.25, 0.3) is 0 Å². The van der Waals surface area contributed by atoms with E-state index in [0.29, 0.717) is 25.6 Å². The zero-order chi connectivity index (χ0) is 19.0. The number of nitro groups is 1. The molecule has 0 saturated heterocycles. The molecule has 7 nitrogen and oxygen atoms in total. The van der Waals surface area contributed by atoms with Gasteiger partial charge in [0.1, 0.15) is 5.60 Å². The molecule has 2 aromatic rings. The summed E-state index contributed by atoms with van der Waals surface area (Å²) in [6.07, 6.45) is 0. The summed E-state index contributed by atoms with van der Waals surface area (Å²) in [5.41, 5.74) is 0.702. The molecule has 0 bridgehead atoms. The highest BCUT2D eigenvalue weighted by molar-refractivity contribution is 5.79. The molecule has 0 aliphatic rings. The van der Waals surface area contributed by atoms with E-state index >= 15 is 0 Å². The fraction of sp³-hybridized carbons (Fsp3) is 0.316. The number of nitrogens with zero attached hydrogens (tertiary/aromatic N) is 2. The Bertz CT molecular complexity index is 743. The summed E-state index contributed by atoms with van der Waals surface area (Å²) in [4.78, 5) is 14.7. The summed E-state index contributed by atoms with van der Waals surface area (Å²) in [6, 6.07) is 15.7. The van der Waals surface area contributed by atoms with Gasteiger partial charge in [0.15, 0.2) is 5.96 Å². The summed E-state index contributed by atoms with van der Waals surface area (Å²) < 4.78 is 0. The lowest BCUT2D eigenvalue weighted by Crippen LogP contribution is -2.44. The molecule has 0 amide bonds. The van der Waals surface area contributed by atoms with Crippen molar-refractivity contribution in [3.8, 4) is 0 Å². The molecule has 26 heavy (non-hydrogen) atoms. The highest BCUT2D eigenvalue weighted by Crippen LogP contribution is 2.19. The molecule has 0 saturated carbocycles. The van der Waals surface area contributed by atoms with E-state index in [9.17, 15) is 15.2 Å². The van der Waals surface area contributed by atoms with Gasteiger partial charge in [0.25, 0.3) is 5.69 Å². The van der Waals surface area contributed by atoms with Crippen molar-refractivity contribution in [2.75, 3.05) is 13.1 Å². The van der Waals surface area contributed by atoms with Gasteiger partial charge in [-0.25, -0.2) is 4.99 Å². The number of hydrogen-bond acceptors (Lipinski definition) is 4. The van der Waals surface area contributed by atoms with E-state index in [0.717, 1.165) is 11.1 Å². The Morgan fingerprint density at radius 3 is 2.38 bits per heavy atom. The van der Waals surface area contributed by atoms with Crippen LogP contribution in [0.5, 0.6) is 0 Å². The van der Waals surface area contributed by atoms with Crippen LogP contribution >= 0.6 is 0 Å². The third kappa shape index (κ3) is 5.56. The first-order valence-electron chi connectivity index (χ1n) is 8.46. The third-order valence-corrected chi connectivity index (χ3v) is 3.91. The van der Waals surface area contributed by atoms with Gasteiger partial charge in [-0.3, -0.25) is 10.1 Å². The molecule has 0 radical (unpaired) electrons. The number of hydrogen-bond donors (Lipinski definition) is 3. The number of nitrogens with one attached hydrogen (secondary N) is 2. The summed E-state index contributed by atoms with van der Waals surface area (Å²) in [5, 5.41) is 27.6. The number of benzene rings is 2. The molecule has 0 spiro atoms. The monoisotopic (exact) mass is 356 g/mol. The summed E-state index contributed by atoms with van der Waals surface area (Å²) in [6.45, 7) is 5.05. The maximum absolute atomic E-state index is 10.7. The lowest BCUT2D eigenvalue weighted by Gasteiger charge is -2.25. The van der Waals surface area contributed by atoms with Gasteiger partial charge in [0.2, 0.25) is 0 Å². The summed E-state index contributed by atoms with van der Waals surface area (Å²) in [5.74, 6) is 0.571. The van der Waals surface area contributed by atoms with Crippen LogP contribution in [-0.2, 0) is 12.1 Å². The van der Waals surface area contributed by atoms with Gasteiger partial charge in [0.05, 0.1) is 18.0 Å². The lowest BCUT2D eigenvalue weighted by molar-refractivity contribution is -0.384. The molecule has 0 aliphatic carbocycles. The Balaban J connectivity index is 2.01. The van der Waals surface area contributed by atoms with E-state index in [-0.39, 0.29) is 5.69 Å². The number of aliphatic hydroxyl groups is 1. The average Bonchev–Trinajstić information content (AvgIpc) is 2.65. The quantitative estimate of drug-likeness (QED) is 0.306. The summed E-state index contributed by atoms with van der Waals surface area (Å²) in [7, 11) is 0. The van der Waals surface area contributed by atoms with E-state index in [1.165, 1.54) is 12.1 Å². The Kier molecular flexibility index (Phi) is 6.68. The molecule has 1 unspecified atom stereocenters. The second-order valence-electron chi connectivity index (χ2n) is 6.11. The maximum Gasteiger partial charge on any atom is 0.269 e. The number of non-ortho nitro benzene ring substituents is 1. The third-order valence-electron chi connectivity index (χ3n) is 3.91. The zero-order valence-electron chi connectivity index (χ0n) is 15.0. The molecule has 0 aromatic heterocycles. The van der Waals surface area contributed by atoms with E-state index in [4.69, 9.17) is 0 Å². The maximum atomic E-state index is 10.7. The van der Waals surface area contributed by atoms with Gasteiger partial charge < -0.3 is 15.7 Å². The topological polar surface area (TPSA) is 99.8 Å². The van der Waals surface area contributed by atoms with Gasteiger partial charge in [-0.2, -0.15) is 0 Å². The smallest absolute Gasteiger partial charge is 0.269 e. The van der Waals surface area contributed by atoms with Gasteiger partial charge in [-0.05, 0) is 25.0 Å². The van der Waals surface area contributed by atoms with E-state index in [2.05, 4.69) is 15.6 Å². The average molecular weight is 356 g/mol. The molecule has 2 rings (SSSR count). The minimum atomic E-state index is -1.04. The second-order valence-corrected chi connectivity index (χ2v) is 6.11. The normalized spacial score (nSPS) is 13.7. The number of rotatable bonds is 7. The van der Waals surface area contributed by atoms with Crippen LogP contribution in [0.1, 0.15) is 25.0 Å². The molecule has 3 N–H and O–H groups in total. The largest absolute Gasteiger partial charge is 0.384 e. The molecule has 7 heteroatoms. The van der Waals surface area contributed by atoms with Crippen LogP contribution < -0.4 is 10.6 Å². The highest BCUT2D eigenvalue weighted by atomic mass is 16.6. The molecule has 0 fully saturated rings. The van der Waals surface area contributed by atoms with Gasteiger partial charge in [0, 0.05) is 18.7 Å². The Labute approximate surface area is 152 Å². The fourth-order valence-electron chi connectivity index (χ4n) is 2.39. The number of guanidine groups is 1. The zero-order valence-corrected chi connectivity index (χ0v) is 15.0. The fourth-order valence-corrected chi connectivity index (χ4v) is 2.39. The number of aliphatic imine (C=N–C) groups is 1.